The Kier molecular flexibility index (Phi) is 7.11. The number of ketones is 1. The lowest BCUT2D eigenvalue weighted by Gasteiger charge is -2.16. The lowest BCUT2D eigenvalue weighted by Crippen LogP contribution is -2.45. The Hall–Kier alpha value is -3.73. The Labute approximate surface area is 175 Å². The molecule has 3 N–H and O–H groups in total. The van der Waals surface area contributed by atoms with E-state index in [-0.39, 0.29) is 24.5 Å². The summed E-state index contributed by atoms with van der Waals surface area (Å²) in [4.78, 5) is 36.6. The normalized spacial score (nSPS) is 11.5. The van der Waals surface area contributed by atoms with E-state index in [9.17, 15) is 14.4 Å². The zero-order valence-corrected chi connectivity index (χ0v) is 16.6. The van der Waals surface area contributed by atoms with Gasteiger partial charge in [-0.3, -0.25) is 14.4 Å². The van der Waals surface area contributed by atoms with Gasteiger partial charge < -0.3 is 11.1 Å². The SMILES string of the molecule is NC(=O)[C@@H](Cc1ccc(C(=O)c2ccccc2)cc1)NC(=O)CCc1ccccc1. The Bertz CT molecular complexity index is 1000. The van der Waals surface area contributed by atoms with E-state index in [4.69, 9.17) is 5.73 Å². The summed E-state index contributed by atoms with van der Waals surface area (Å²) in [6, 6.07) is 24.9. The predicted molar refractivity (Wildman–Crippen MR) is 116 cm³/mol. The highest BCUT2D eigenvalue weighted by molar-refractivity contribution is 6.08. The Balaban J connectivity index is 1.58. The molecule has 0 heterocycles. The third kappa shape index (κ3) is 5.88. The number of carbonyl (C=O) groups is 3. The highest BCUT2D eigenvalue weighted by Gasteiger charge is 2.19. The number of benzene rings is 3. The van der Waals surface area contributed by atoms with Crippen molar-refractivity contribution >= 4 is 17.6 Å². The van der Waals surface area contributed by atoms with Gasteiger partial charge in [-0.15, -0.1) is 0 Å². The van der Waals surface area contributed by atoms with Crippen LogP contribution in [-0.2, 0) is 22.4 Å². The molecule has 0 saturated carbocycles. The van der Waals surface area contributed by atoms with Gasteiger partial charge in [-0.2, -0.15) is 0 Å². The summed E-state index contributed by atoms with van der Waals surface area (Å²) in [5.41, 5.74) is 8.53. The quantitative estimate of drug-likeness (QED) is 0.541. The molecular weight excluding hydrogens is 376 g/mol. The van der Waals surface area contributed by atoms with Gasteiger partial charge in [0, 0.05) is 24.0 Å². The molecule has 0 saturated heterocycles. The van der Waals surface area contributed by atoms with Crippen LogP contribution in [0, 0.1) is 0 Å². The smallest absolute Gasteiger partial charge is 0.240 e. The van der Waals surface area contributed by atoms with Crippen molar-refractivity contribution in [2.75, 3.05) is 0 Å². The summed E-state index contributed by atoms with van der Waals surface area (Å²) in [5.74, 6) is -0.881. The second-order valence-electron chi connectivity index (χ2n) is 7.10. The number of primary amides is 1. The minimum atomic E-state index is -0.802. The molecule has 3 aromatic rings. The van der Waals surface area contributed by atoms with Gasteiger partial charge >= 0.3 is 0 Å². The highest BCUT2D eigenvalue weighted by Crippen LogP contribution is 2.12. The van der Waals surface area contributed by atoms with E-state index in [1.165, 1.54) is 0 Å². The number of hydrogen-bond donors (Lipinski definition) is 2. The van der Waals surface area contributed by atoms with Crippen molar-refractivity contribution < 1.29 is 14.4 Å². The zero-order chi connectivity index (χ0) is 21.3. The van der Waals surface area contributed by atoms with E-state index >= 15 is 0 Å². The van der Waals surface area contributed by atoms with E-state index in [0.717, 1.165) is 11.1 Å². The summed E-state index contributed by atoms with van der Waals surface area (Å²) < 4.78 is 0. The number of nitrogens with two attached hydrogens (primary N) is 1. The number of aryl methyl sites for hydroxylation is 1. The van der Waals surface area contributed by atoms with Crippen LogP contribution in [-0.4, -0.2) is 23.6 Å². The minimum absolute atomic E-state index is 0.0668. The molecule has 1 atom stereocenters. The van der Waals surface area contributed by atoms with Gasteiger partial charge in [0.1, 0.15) is 6.04 Å². The number of hydrogen-bond acceptors (Lipinski definition) is 3. The maximum absolute atomic E-state index is 12.5. The van der Waals surface area contributed by atoms with Gasteiger partial charge in [0.15, 0.2) is 5.78 Å². The standard InChI is InChI=1S/C25H24N2O3/c26-25(30)22(27-23(28)16-13-18-7-3-1-4-8-18)17-19-11-14-21(15-12-19)24(29)20-9-5-2-6-10-20/h1-12,14-15,22H,13,16-17H2,(H2,26,30)(H,27,28)/t22-/m1/s1. The molecule has 0 spiro atoms. The lowest BCUT2D eigenvalue weighted by atomic mass is 9.99. The number of rotatable bonds is 9. The van der Waals surface area contributed by atoms with Crippen molar-refractivity contribution in [3.8, 4) is 0 Å². The van der Waals surface area contributed by atoms with Crippen LogP contribution >= 0.6 is 0 Å². The summed E-state index contributed by atoms with van der Waals surface area (Å²) in [7, 11) is 0. The molecular formula is C25H24N2O3. The van der Waals surface area contributed by atoms with E-state index in [1.54, 1.807) is 36.4 Å². The molecule has 3 aromatic carbocycles. The van der Waals surface area contributed by atoms with Crippen LogP contribution in [0.3, 0.4) is 0 Å². The fraction of sp³-hybridized carbons (Fsp3) is 0.160. The molecule has 0 radical (unpaired) electrons. The Morgan fingerprint density at radius 3 is 1.90 bits per heavy atom. The molecule has 152 valence electrons. The van der Waals surface area contributed by atoms with Crippen LogP contribution in [0.4, 0.5) is 0 Å². The molecule has 0 fully saturated rings. The first-order chi connectivity index (χ1) is 14.5. The largest absolute Gasteiger partial charge is 0.368 e. The van der Waals surface area contributed by atoms with E-state index in [2.05, 4.69) is 5.32 Å². The van der Waals surface area contributed by atoms with Crippen molar-refractivity contribution in [1.82, 2.24) is 5.32 Å². The van der Waals surface area contributed by atoms with Crippen molar-refractivity contribution in [2.24, 2.45) is 5.73 Å². The van der Waals surface area contributed by atoms with Gasteiger partial charge in [-0.1, -0.05) is 84.9 Å². The molecule has 0 bridgehead atoms. The van der Waals surface area contributed by atoms with Gasteiger partial charge in [0.25, 0.3) is 0 Å². The van der Waals surface area contributed by atoms with Crippen molar-refractivity contribution in [3.63, 3.8) is 0 Å². The molecule has 5 nitrogen and oxygen atoms in total. The van der Waals surface area contributed by atoms with Crippen molar-refractivity contribution in [1.29, 1.82) is 0 Å². The van der Waals surface area contributed by atoms with E-state index in [1.807, 2.05) is 48.5 Å². The molecule has 30 heavy (non-hydrogen) atoms. The summed E-state index contributed by atoms with van der Waals surface area (Å²) in [6.07, 6.45) is 1.14. The molecule has 2 amide bonds. The summed E-state index contributed by atoms with van der Waals surface area (Å²) in [6.45, 7) is 0. The average Bonchev–Trinajstić information content (AvgIpc) is 2.78. The van der Waals surface area contributed by atoms with Crippen LogP contribution < -0.4 is 11.1 Å². The van der Waals surface area contributed by atoms with Gasteiger partial charge in [0.2, 0.25) is 11.8 Å². The van der Waals surface area contributed by atoms with Gasteiger partial charge in [-0.25, -0.2) is 0 Å². The van der Waals surface area contributed by atoms with E-state index in [0.29, 0.717) is 17.5 Å². The van der Waals surface area contributed by atoms with Crippen LogP contribution in [0.1, 0.15) is 33.5 Å². The highest BCUT2D eigenvalue weighted by atomic mass is 16.2. The first kappa shape index (κ1) is 21.0. The van der Waals surface area contributed by atoms with Crippen LogP contribution in [0.2, 0.25) is 0 Å². The number of amides is 2. The fourth-order valence-corrected chi connectivity index (χ4v) is 3.18. The van der Waals surface area contributed by atoms with Gasteiger partial charge in [0.05, 0.1) is 0 Å². The molecule has 0 aliphatic heterocycles. The Morgan fingerprint density at radius 2 is 1.30 bits per heavy atom. The molecule has 0 unspecified atom stereocenters. The summed E-state index contributed by atoms with van der Waals surface area (Å²) >= 11 is 0. The summed E-state index contributed by atoms with van der Waals surface area (Å²) in [5, 5.41) is 2.72. The lowest BCUT2D eigenvalue weighted by molar-refractivity contribution is -0.127. The van der Waals surface area contributed by atoms with Crippen LogP contribution in [0.25, 0.3) is 0 Å². The second-order valence-corrected chi connectivity index (χ2v) is 7.10. The molecule has 0 aromatic heterocycles. The first-order valence-electron chi connectivity index (χ1n) is 9.84. The fourth-order valence-electron chi connectivity index (χ4n) is 3.18. The van der Waals surface area contributed by atoms with Gasteiger partial charge in [-0.05, 0) is 17.5 Å². The van der Waals surface area contributed by atoms with E-state index < -0.39 is 11.9 Å². The zero-order valence-electron chi connectivity index (χ0n) is 16.6. The van der Waals surface area contributed by atoms with Crippen molar-refractivity contribution in [2.45, 2.75) is 25.3 Å². The molecule has 5 heteroatoms. The Morgan fingerprint density at radius 1 is 0.733 bits per heavy atom. The van der Waals surface area contributed by atoms with Crippen LogP contribution in [0.5, 0.6) is 0 Å². The maximum Gasteiger partial charge on any atom is 0.240 e. The second kappa shape index (κ2) is 10.2. The number of nitrogens with one attached hydrogen (secondary N) is 1. The maximum atomic E-state index is 12.5. The number of carbonyl (C=O) groups excluding carboxylic acids is 3. The minimum Gasteiger partial charge on any atom is -0.368 e. The molecule has 0 aliphatic carbocycles. The first-order valence-corrected chi connectivity index (χ1v) is 9.84. The van der Waals surface area contributed by atoms with Crippen LogP contribution in [0.15, 0.2) is 84.9 Å². The third-order valence-corrected chi connectivity index (χ3v) is 4.85. The monoisotopic (exact) mass is 400 g/mol. The average molecular weight is 400 g/mol. The molecule has 3 rings (SSSR count). The topological polar surface area (TPSA) is 89.3 Å². The third-order valence-electron chi connectivity index (χ3n) is 4.85. The molecule has 0 aliphatic rings. The van der Waals surface area contributed by atoms with Crippen molar-refractivity contribution in [3.05, 3.63) is 107 Å². The predicted octanol–water partition coefficient (Wildman–Crippen LogP) is 3.06.